The Bertz CT molecular complexity index is 187. The Morgan fingerprint density at radius 3 is 3.00 bits per heavy atom. The van der Waals surface area contributed by atoms with Crippen LogP contribution in [0.1, 0.15) is 24.6 Å². The van der Waals surface area contributed by atoms with Crippen molar-refractivity contribution in [2.75, 3.05) is 6.54 Å². The maximum absolute atomic E-state index is 5.40. The van der Waals surface area contributed by atoms with E-state index < -0.39 is 0 Å². The van der Waals surface area contributed by atoms with Gasteiger partial charge < -0.3 is 10.3 Å². The Labute approximate surface area is 66.6 Å². The summed E-state index contributed by atoms with van der Waals surface area (Å²) < 4.78 is 4.85. The molecule has 0 bridgehead atoms. The molecule has 0 radical (unpaired) electrons. The molecule has 3 nitrogen and oxygen atoms in total. The monoisotopic (exact) mass is 154 g/mol. The van der Waals surface area contributed by atoms with Crippen LogP contribution in [0, 0.1) is 0 Å². The third-order valence-electron chi connectivity index (χ3n) is 1.63. The molecule has 1 aromatic heterocycles. The molecule has 62 valence electrons. The van der Waals surface area contributed by atoms with E-state index in [1.54, 1.807) is 6.26 Å². The van der Waals surface area contributed by atoms with Gasteiger partial charge in [0.1, 0.15) is 6.26 Å². The normalized spacial score (nSPS) is 10.4. The molecular formula is C8H14N2O. The predicted octanol–water partition coefficient (Wildman–Crippen LogP) is 1.13. The van der Waals surface area contributed by atoms with E-state index in [1.165, 1.54) is 5.56 Å². The van der Waals surface area contributed by atoms with Crippen molar-refractivity contribution >= 4 is 0 Å². The lowest BCUT2D eigenvalue weighted by Crippen LogP contribution is -2.04. The van der Waals surface area contributed by atoms with Gasteiger partial charge in [0.25, 0.3) is 0 Å². The molecule has 1 heterocycles. The lowest BCUT2D eigenvalue weighted by Gasteiger charge is -1.94. The Morgan fingerprint density at radius 2 is 2.36 bits per heavy atom. The van der Waals surface area contributed by atoms with Crippen molar-refractivity contribution in [1.29, 1.82) is 0 Å². The predicted molar refractivity (Wildman–Crippen MR) is 43.3 cm³/mol. The minimum atomic E-state index is 0.642. The molecule has 3 heteroatoms. The first-order chi connectivity index (χ1) is 5.38. The van der Waals surface area contributed by atoms with Crippen LogP contribution in [-0.2, 0) is 12.8 Å². The first-order valence-electron chi connectivity index (χ1n) is 4.00. The number of nitrogens with two attached hydrogens (primary N) is 1. The Kier molecular flexibility index (Phi) is 3.11. The number of aryl methyl sites for hydroxylation is 1. The zero-order valence-corrected chi connectivity index (χ0v) is 6.84. The lowest BCUT2D eigenvalue weighted by atomic mass is 10.1. The fraction of sp³-hybridized carbons (Fsp3) is 0.625. The van der Waals surface area contributed by atoms with Gasteiger partial charge in [-0.15, -0.1) is 0 Å². The van der Waals surface area contributed by atoms with E-state index in [9.17, 15) is 0 Å². The molecule has 0 aliphatic heterocycles. The zero-order valence-electron chi connectivity index (χ0n) is 6.84. The maximum Gasteiger partial charge on any atom is 0.127 e. The highest BCUT2D eigenvalue weighted by molar-refractivity contribution is 5.14. The van der Waals surface area contributed by atoms with Crippen LogP contribution < -0.4 is 5.73 Å². The van der Waals surface area contributed by atoms with Crippen molar-refractivity contribution in [1.82, 2.24) is 5.16 Å². The second-order valence-electron chi connectivity index (χ2n) is 2.58. The van der Waals surface area contributed by atoms with Crippen molar-refractivity contribution in [2.24, 2.45) is 5.73 Å². The van der Waals surface area contributed by atoms with E-state index in [0.29, 0.717) is 6.54 Å². The van der Waals surface area contributed by atoms with Gasteiger partial charge in [-0.2, -0.15) is 0 Å². The number of hydrogen-bond donors (Lipinski definition) is 1. The molecule has 11 heavy (non-hydrogen) atoms. The topological polar surface area (TPSA) is 52.0 Å². The van der Waals surface area contributed by atoms with Crippen molar-refractivity contribution in [3.05, 3.63) is 17.5 Å². The Hall–Kier alpha value is -0.830. The summed E-state index contributed by atoms with van der Waals surface area (Å²) in [6, 6.07) is 0. The number of nitrogens with zero attached hydrogens (tertiary/aromatic N) is 1. The molecule has 1 rings (SSSR count). The summed E-state index contributed by atoms with van der Waals surface area (Å²) in [5.74, 6) is 0. The smallest absolute Gasteiger partial charge is 0.127 e. The summed E-state index contributed by atoms with van der Waals surface area (Å²) in [6.45, 7) is 2.78. The second kappa shape index (κ2) is 4.13. The van der Waals surface area contributed by atoms with E-state index in [0.717, 1.165) is 25.0 Å². The van der Waals surface area contributed by atoms with Gasteiger partial charge in [-0.3, -0.25) is 0 Å². The fourth-order valence-electron chi connectivity index (χ4n) is 1.10. The second-order valence-corrected chi connectivity index (χ2v) is 2.58. The quantitative estimate of drug-likeness (QED) is 0.707. The molecule has 0 spiro atoms. The van der Waals surface area contributed by atoms with E-state index in [-0.39, 0.29) is 0 Å². The van der Waals surface area contributed by atoms with E-state index in [4.69, 9.17) is 10.3 Å². The fourth-order valence-corrected chi connectivity index (χ4v) is 1.10. The van der Waals surface area contributed by atoms with Gasteiger partial charge in [-0.1, -0.05) is 18.5 Å². The van der Waals surface area contributed by atoms with Crippen LogP contribution in [0.2, 0.25) is 0 Å². The molecule has 0 amide bonds. The Balaban J connectivity index is 2.62. The lowest BCUT2D eigenvalue weighted by molar-refractivity contribution is 0.411. The van der Waals surface area contributed by atoms with Crippen LogP contribution in [0.5, 0.6) is 0 Å². The molecule has 0 aliphatic rings. The van der Waals surface area contributed by atoms with Gasteiger partial charge in [0, 0.05) is 12.0 Å². The van der Waals surface area contributed by atoms with Gasteiger partial charge in [0.15, 0.2) is 0 Å². The summed E-state index contributed by atoms with van der Waals surface area (Å²) in [5.41, 5.74) is 7.63. The molecule has 1 aromatic rings. The van der Waals surface area contributed by atoms with Gasteiger partial charge >= 0.3 is 0 Å². The van der Waals surface area contributed by atoms with E-state index in [2.05, 4.69) is 12.1 Å². The van der Waals surface area contributed by atoms with E-state index in [1.807, 2.05) is 0 Å². The number of rotatable bonds is 4. The van der Waals surface area contributed by atoms with Crippen LogP contribution in [0.15, 0.2) is 10.8 Å². The van der Waals surface area contributed by atoms with Gasteiger partial charge in [-0.05, 0) is 13.0 Å². The molecular weight excluding hydrogens is 140 g/mol. The summed E-state index contributed by atoms with van der Waals surface area (Å²) in [4.78, 5) is 0. The molecule has 0 aromatic carbocycles. The van der Waals surface area contributed by atoms with Gasteiger partial charge in [0.2, 0.25) is 0 Å². The molecule has 0 fully saturated rings. The summed E-state index contributed by atoms with van der Waals surface area (Å²) in [7, 11) is 0. The minimum Gasteiger partial charge on any atom is -0.364 e. The largest absolute Gasteiger partial charge is 0.364 e. The maximum atomic E-state index is 5.40. The molecule has 0 atom stereocenters. The average molecular weight is 154 g/mol. The summed E-state index contributed by atoms with van der Waals surface area (Å²) >= 11 is 0. The first-order valence-corrected chi connectivity index (χ1v) is 4.00. The Morgan fingerprint density at radius 1 is 1.55 bits per heavy atom. The SMILES string of the molecule is CCCc1conc1CCN. The van der Waals surface area contributed by atoms with Crippen LogP contribution in [-0.4, -0.2) is 11.7 Å². The van der Waals surface area contributed by atoms with Crippen LogP contribution in [0.4, 0.5) is 0 Å². The highest BCUT2D eigenvalue weighted by atomic mass is 16.5. The number of hydrogen-bond acceptors (Lipinski definition) is 3. The highest BCUT2D eigenvalue weighted by Gasteiger charge is 2.04. The zero-order chi connectivity index (χ0) is 8.10. The van der Waals surface area contributed by atoms with Crippen LogP contribution >= 0.6 is 0 Å². The molecule has 0 aliphatic carbocycles. The third-order valence-corrected chi connectivity index (χ3v) is 1.63. The van der Waals surface area contributed by atoms with Crippen LogP contribution in [0.3, 0.4) is 0 Å². The number of aromatic nitrogens is 1. The summed E-state index contributed by atoms with van der Waals surface area (Å²) in [6.07, 6.45) is 4.71. The summed E-state index contributed by atoms with van der Waals surface area (Å²) in [5, 5.41) is 3.87. The van der Waals surface area contributed by atoms with Gasteiger partial charge in [-0.25, -0.2) is 0 Å². The van der Waals surface area contributed by atoms with Crippen molar-refractivity contribution in [2.45, 2.75) is 26.2 Å². The highest BCUT2D eigenvalue weighted by Crippen LogP contribution is 2.08. The first kappa shape index (κ1) is 8.27. The van der Waals surface area contributed by atoms with E-state index >= 15 is 0 Å². The minimum absolute atomic E-state index is 0.642. The molecule has 0 saturated carbocycles. The third kappa shape index (κ3) is 2.05. The molecule has 0 unspecified atom stereocenters. The molecule has 2 N–H and O–H groups in total. The average Bonchev–Trinajstić information content (AvgIpc) is 2.39. The van der Waals surface area contributed by atoms with Crippen molar-refractivity contribution in [3.63, 3.8) is 0 Å². The van der Waals surface area contributed by atoms with Gasteiger partial charge in [0.05, 0.1) is 5.69 Å². The van der Waals surface area contributed by atoms with Crippen molar-refractivity contribution in [3.8, 4) is 0 Å². The molecule has 0 saturated heterocycles. The van der Waals surface area contributed by atoms with Crippen molar-refractivity contribution < 1.29 is 4.52 Å². The standard InChI is InChI=1S/C8H14N2O/c1-2-3-7-6-11-10-8(7)4-5-9/h6H,2-5,9H2,1H3. The van der Waals surface area contributed by atoms with Crippen LogP contribution in [0.25, 0.3) is 0 Å².